The summed E-state index contributed by atoms with van der Waals surface area (Å²) in [5.41, 5.74) is 0.848. The third-order valence-electron chi connectivity index (χ3n) is 6.44. The molecule has 8 nitrogen and oxygen atoms in total. The van der Waals surface area contributed by atoms with Crippen molar-refractivity contribution < 1.29 is 23.5 Å². The van der Waals surface area contributed by atoms with Crippen molar-refractivity contribution in [1.29, 1.82) is 0 Å². The van der Waals surface area contributed by atoms with Crippen molar-refractivity contribution in [3.05, 3.63) is 29.1 Å². The molecule has 1 aromatic rings. The topological polar surface area (TPSA) is 91.0 Å². The molecule has 3 aliphatic heterocycles. The minimum absolute atomic E-state index is 0.103. The van der Waals surface area contributed by atoms with E-state index < -0.39 is 17.8 Å². The van der Waals surface area contributed by atoms with Crippen molar-refractivity contribution in [2.24, 2.45) is 0 Å². The van der Waals surface area contributed by atoms with Crippen LogP contribution >= 0.6 is 0 Å². The number of unbranched alkanes of at least 4 members (excludes halogenated alkanes) is 3. The minimum Gasteiger partial charge on any atom is -0.490 e. The van der Waals surface area contributed by atoms with Crippen LogP contribution < -0.4 is 15.4 Å². The Morgan fingerprint density at radius 2 is 1.84 bits per heavy atom. The van der Waals surface area contributed by atoms with Crippen LogP contribution in [-0.2, 0) is 16.1 Å². The molecule has 9 heteroatoms. The third kappa shape index (κ3) is 5.10. The fraction of sp³-hybridized carbons (Fsp3) is 0.609. The van der Waals surface area contributed by atoms with E-state index in [0.29, 0.717) is 17.7 Å². The molecule has 1 atom stereocenters. The van der Waals surface area contributed by atoms with Gasteiger partial charge >= 0.3 is 0 Å². The van der Waals surface area contributed by atoms with Crippen LogP contribution in [0.25, 0.3) is 0 Å². The highest BCUT2D eigenvalue weighted by molar-refractivity contribution is 6.05. The molecule has 2 saturated heterocycles. The Kier molecular flexibility index (Phi) is 7.36. The molecule has 4 rings (SSSR count). The number of halogens is 1. The van der Waals surface area contributed by atoms with Crippen molar-refractivity contribution in [2.75, 3.05) is 39.3 Å². The van der Waals surface area contributed by atoms with Crippen LogP contribution in [-0.4, -0.2) is 72.9 Å². The van der Waals surface area contributed by atoms with E-state index >= 15 is 0 Å². The van der Waals surface area contributed by atoms with Gasteiger partial charge in [-0.15, -0.1) is 0 Å². The first-order valence-electron chi connectivity index (χ1n) is 11.6. The molecule has 0 bridgehead atoms. The van der Waals surface area contributed by atoms with Crippen LogP contribution in [0.4, 0.5) is 4.39 Å². The van der Waals surface area contributed by atoms with Gasteiger partial charge in [-0.05, 0) is 37.9 Å². The molecule has 1 unspecified atom stereocenters. The lowest BCUT2D eigenvalue weighted by molar-refractivity contribution is -0.136. The van der Waals surface area contributed by atoms with Gasteiger partial charge in [0.15, 0.2) is 11.6 Å². The van der Waals surface area contributed by atoms with Crippen molar-refractivity contribution in [3.63, 3.8) is 0 Å². The number of carbonyl (C=O) groups excluding carboxylic acids is 3. The molecule has 0 saturated carbocycles. The lowest BCUT2D eigenvalue weighted by Crippen LogP contribution is -2.52. The van der Waals surface area contributed by atoms with Crippen LogP contribution in [0.5, 0.6) is 5.75 Å². The summed E-state index contributed by atoms with van der Waals surface area (Å²) >= 11 is 0. The summed E-state index contributed by atoms with van der Waals surface area (Å²) in [5, 5.41) is 5.63. The molecule has 0 aliphatic carbocycles. The van der Waals surface area contributed by atoms with Gasteiger partial charge in [0.25, 0.3) is 5.91 Å². The van der Waals surface area contributed by atoms with E-state index in [4.69, 9.17) is 4.74 Å². The maximum absolute atomic E-state index is 14.5. The van der Waals surface area contributed by atoms with Crippen molar-refractivity contribution in [3.8, 4) is 5.75 Å². The highest BCUT2D eigenvalue weighted by atomic mass is 19.1. The molecule has 0 spiro atoms. The zero-order valence-corrected chi connectivity index (χ0v) is 18.3. The number of rotatable bonds is 9. The maximum Gasteiger partial charge on any atom is 0.255 e. The highest BCUT2D eigenvalue weighted by Crippen LogP contribution is 2.35. The second-order valence-corrected chi connectivity index (χ2v) is 8.66. The van der Waals surface area contributed by atoms with Gasteiger partial charge in [-0.1, -0.05) is 12.8 Å². The van der Waals surface area contributed by atoms with Gasteiger partial charge in [0.05, 0.1) is 13.2 Å². The number of ether oxygens (including phenoxy) is 1. The summed E-state index contributed by atoms with van der Waals surface area (Å²) < 4.78 is 20.3. The zero-order valence-electron chi connectivity index (χ0n) is 18.3. The molecular formula is C23H31FN4O4. The number of carbonyl (C=O) groups is 3. The van der Waals surface area contributed by atoms with E-state index in [-0.39, 0.29) is 37.0 Å². The molecule has 32 heavy (non-hydrogen) atoms. The number of amides is 3. The van der Waals surface area contributed by atoms with Gasteiger partial charge in [0.2, 0.25) is 11.8 Å². The molecular weight excluding hydrogens is 415 g/mol. The summed E-state index contributed by atoms with van der Waals surface area (Å²) in [6.45, 7) is 5.94. The van der Waals surface area contributed by atoms with E-state index in [9.17, 15) is 18.8 Å². The first-order valence-corrected chi connectivity index (χ1v) is 11.6. The van der Waals surface area contributed by atoms with Crippen LogP contribution in [0.2, 0.25) is 0 Å². The molecule has 0 radical (unpaired) electrons. The summed E-state index contributed by atoms with van der Waals surface area (Å²) in [5.74, 6) is -1.54. The Morgan fingerprint density at radius 1 is 1.06 bits per heavy atom. The Bertz CT molecular complexity index is 872. The van der Waals surface area contributed by atoms with Crippen molar-refractivity contribution in [1.82, 2.24) is 20.4 Å². The largest absolute Gasteiger partial charge is 0.490 e. The van der Waals surface area contributed by atoms with Gasteiger partial charge in [0, 0.05) is 43.7 Å². The number of piperidine rings is 1. The lowest BCUT2D eigenvalue weighted by atomic mass is 10.0. The number of piperazine rings is 1. The predicted octanol–water partition coefficient (Wildman–Crippen LogP) is 1.43. The smallest absolute Gasteiger partial charge is 0.255 e. The first-order chi connectivity index (χ1) is 15.5. The Balaban J connectivity index is 1.27. The van der Waals surface area contributed by atoms with Crippen LogP contribution in [0, 0.1) is 5.82 Å². The summed E-state index contributed by atoms with van der Waals surface area (Å²) in [6.07, 6.45) is 4.52. The average Bonchev–Trinajstić information content (AvgIpc) is 3.11. The molecule has 3 aliphatic rings. The SMILES string of the molecule is O=C1CCC(N2Cc3c(ccc(F)c3OCCCCCCN3CCNCC3)C2=O)C(=O)N1. The van der Waals surface area contributed by atoms with Gasteiger partial charge in [-0.3, -0.25) is 19.7 Å². The lowest BCUT2D eigenvalue weighted by Gasteiger charge is -2.29. The van der Waals surface area contributed by atoms with E-state index in [1.807, 2.05) is 0 Å². The minimum atomic E-state index is -0.723. The van der Waals surface area contributed by atoms with E-state index in [0.717, 1.165) is 58.4 Å². The number of fused-ring (bicyclic) bond motifs is 1. The summed E-state index contributed by atoms with van der Waals surface area (Å²) in [7, 11) is 0. The van der Waals surface area contributed by atoms with Crippen LogP contribution in [0.1, 0.15) is 54.4 Å². The van der Waals surface area contributed by atoms with E-state index in [1.54, 1.807) is 0 Å². The fourth-order valence-corrected chi connectivity index (χ4v) is 4.64. The van der Waals surface area contributed by atoms with E-state index in [2.05, 4.69) is 15.5 Å². The van der Waals surface area contributed by atoms with Crippen molar-refractivity contribution in [2.45, 2.75) is 51.1 Å². The Morgan fingerprint density at radius 3 is 2.62 bits per heavy atom. The second kappa shape index (κ2) is 10.4. The number of imide groups is 1. The number of benzene rings is 1. The van der Waals surface area contributed by atoms with E-state index in [1.165, 1.54) is 17.0 Å². The molecule has 1 aromatic carbocycles. The van der Waals surface area contributed by atoms with Gasteiger partial charge in [-0.25, -0.2) is 4.39 Å². The summed E-state index contributed by atoms with van der Waals surface area (Å²) in [6, 6.07) is 1.97. The fourth-order valence-electron chi connectivity index (χ4n) is 4.64. The van der Waals surface area contributed by atoms with Crippen LogP contribution in [0.3, 0.4) is 0 Å². The average molecular weight is 447 g/mol. The number of hydrogen-bond donors (Lipinski definition) is 2. The monoisotopic (exact) mass is 446 g/mol. The van der Waals surface area contributed by atoms with Crippen molar-refractivity contribution >= 4 is 17.7 Å². The standard InChI is InChI=1S/C23H31FN4O4/c24-18-6-5-16-17(15-28(23(16)31)19-7-8-20(29)26-22(19)30)21(18)32-14-4-2-1-3-11-27-12-9-25-10-13-27/h5-6,19,25H,1-4,7-15H2,(H,26,29,30). The number of hydrogen-bond acceptors (Lipinski definition) is 6. The van der Waals surface area contributed by atoms with Crippen LogP contribution in [0.15, 0.2) is 12.1 Å². The molecule has 3 amide bonds. The Hall–Kier alpha value is -2.52. The quantitative estimate of drug-likeness (QED) is 0.441. The second-order valence-electron chi connectivity index (χ2n) is 8.66. The molecule has 174 valence electrons. The van der Waals surface area contributed by atoms with Gasteiger partial charge in [-0.2, -0.15) is 0 Å². The van der Waals surface area contributed by atoms with Gasteiger partial charge < -0.3 is 19.9 Å². The maximum atomic E-state index is 14.5. The molecule has 3 heterocycles. The Labute approximate surface area is 187 Å². The first kappa shape index (κ1) is 22.7. The zero-order chi connectivity index (χ0) is 22.5. The molecule has 2 fully saturated rings. The summed E-state index contributed by atoms with van der Waals surface area (Å²) in [4.78, 5) is 40.3. The third-order valence-corrected chi connectivity index (χ3v) is 6.44. The number of nitrogens with zero attached hydrogens (tertiary/aromatic N) is 2. The molecule has 0 aromatic heterocycles. The normalized spacial score (nSPS) is 21.6. The number of nitrogens with one attached hydrogen (secondary N) is 2. The predicted molar refractivity (Wildman–Crippen MR) is 116 cm³/mol. The van der Waals surface area contributed by atoms with Gasteiger partial charge in [0.1, 0.15) is 6.04 Å². The highest BCUT2D eigenvalue weighted by Gasteiger charge is 2.40. The molecule has 2 N–H and O–H groups in total.